The van der Waals surface area contributed by atoms with Crippen LogP contribution in [-0.2, 0) is 6.54 Å². The standard InChI is InChI=1S/C19H23N3O2S/c1-25-19-17(8-3-9-20-19)18(24)21-15-6-4-10-22(13-15)12-14-5-2-7-16(23)11-14/h2-3,5,7-9,11,15,23H,4,6,10,12-13H2,1H3,(H,21,24)/t15-/m0/s1. The zero-order chi connectivity index (χ0) is 17.6. The molecule has 25 heavy (non-hydrogen) atoms. The van der Waals surface area contributed by atoms with Gasteiger partial charge in [-0.25, -0.2) is 4.98 Å². The summed E-state index contributed by atoms with van der Waals surface area (Å²) in [7, 11) is 0. The third-order valence-electron chi connectivity index (χ3n) is 4.37. The number of thioether (sulfide) groups is 1. The summed E-state index contributed by atoms with van der Waals surface area (Å²) >= 11 is 1.48. The molecule has 1 aromatic carbocycles. The Hall–Kier alpha value is -2.05. The summed E-state index contributed by atoms with van der Waals surface area (Å²) in [5.41, 5.74) is 1.73. The van der Waals surface area contributed by atoms with E-state index in [-0.39, 0.29) is 11.9 Å². The molecule has 1 fully saturated rings. The first kappa shape index (κ1) is 17.8. The summed E-state index contributed by atoms with van der Waals surface area (Å²) in [5, 5.41) is 13.5. The van der Waals surface area contributed by atoms with Gasteiger partial charge < -0.3 is 10.4 Å². The molecule has 1 aliphatic rings. The average Bonchev–Trinajstić information content (AvgIpc) is 2.62. The van der Waals surface area contributed by atoms with Crippen LogP contribution in [-0.4, -0.2) is 46.3 Å². The number of hydrogen-bond donors (Lipinski definition) is 2. The minimum Gasteiger partial charge on any atom is -0.508 e. The van der Waals surface area contributed by atoms with Crippen molar-refractivity contribution in [1.82, 2.24) is 15.2 Å². The van der Waals surface area contributed by atoms with Gasteiger partial charge in [0.1, 0.15) is 10.8 Å². The highest BCUT2D eigenvalue weighted by Crippen LogP contribution is 2.19. The summed E-state index contributed by atoms with van der Waals surface area (Å²) in [5.74, 6) is 0.238. The molecule has 1 aliphatic heterocycles. The van der Waals surface area contributed by atoms with Crippen molar-refractivity contribution in [3.8, 4) is 5.75 Å². The molecule has 2 N–H and O–H groups in total. The van der Waals surface area contributed by atoms with Gasteiger partial charge in [-0.3, -0.25) is 9.69 Å². The van der Waals surface area contributed by atoms with Gasteiger partial charge in [-0.1, -0.05) is 12.1 Å². The Balaban J connectivity index is 1.60. The van der Waals surface area contributed by atoms with Crippen LogP contribution in [0.1, 0.15) is 28.8 Å². The first-order chi connectivity index (χ1) is 12.2. The van der Waals surface area contributed by atoms with Crippen LogP contribution in [0.4, 0.5) is 0 Å². The zero-order valence-electron chi connectivity index (χ0n) is 14.3. The fraction of sp³-hybridized carbons (Fsp3) is 0.368. The molecular weight excluding hydrogens is 334 g/mol. The lowest BCUT2D eigenvalue weighted by Crippen LogP contribution is -2.47. The van der Waals surface area contributed by atoms with Crippen molar-refractivity contribution in [2.75, 3.05) is 19.3 Å². The van der Waals surface area contributed by atoms with E-state index in [1.807, 2.05) is 24.5 Å². The molecule has 0 radical (unpaired) electrons. The largest absolute Gasteiger partial charge is 0.508 e. The van der Waals surface area contributed by atoms with Gasteiger partial charge in [0.25, 0.3) is 5.91 Å². The quantitative estimate of drug-likeness (QED) is 0.806. The fourth-order valence-corrected chi connectivity index (χ4v) is 3.77. The van der Waals surface area contributed by atoms with E-state index < -0.39 is 0 Å². The molecule has 0 spiro atoms. The molecular formula is C19H23N3O2S. The lowest BCUT2D eigenvalue weighted by molar-refractivity contribution is 0.0897. The van der Waals surface area contributed by atoms with Crippen molar-refractivity contribution in [3.63, 3.8) is 0 Å². The predicted molar refractivity (Wildman–Crippen MR) is 99.9 cm³/mol. The third kappa shape index (κ3) is 4.74. The predicted octanol–water partition coefficient (Wildman–Crippen LogP) is 2.90. The van der Waals surface area contributed by atoms with Crippen LogP contribution < -0.4 is 5.32 Å². The first-order valence-electron chi connectivity index (χ1n) is 8.46. The SMILES string of the molecule is CSc1ncccc1C(=O)N[C@H]1CCCN(Cc2cccc(O)c2)C1. The first-order valence-corrected chi connectivity index (χ1v) is 9.68. The van der Waals surface area contributed by atoms with Crippen molar-refractivity contribution < 1.29 is 9.90 Å². The monoisotopic (exact) mass is 357 g/mol. The molecule has 1 saturated heterocycles. The van der Waals surface area contributed by atoms with Crippen LogP contribution in [0.25, 0.3) is 0 Å². The Morgan fingerprint density at radius 3 is 3.08 bits per heavy atom. The summed E-state index contributed by atoms with van der Waals surface area (Å²) < 4.78 is 0. The highest BCUT2D eigenvalue weighted by atomic mass is 32.2. The number of phenols is 1. The lowest BCUT2D eigenvalue weighted by atomic mass is 10.0. The summed E-state index contributed by atoms with van der Waals surface area (Å²) in [6.45, 7) is 2.60. The number of rotatable bonds is 5. The average molecular weight is 357 g/mol. The molecule has 2 heterocycles. The number of benzene rings is 1. The molecule has 5 nitrogen and oxygen atoms in total. The van der Waals surface area contributed by atoms with Gasteiger partial charge in [0.05, 0.1) is 5.56 Å². The molecule has 3 rings (SSSR count). The van der Waals surface area contributed by atoms with Crippen LogP contribution in [0.5, 0.6) is 5.75 Å². The summed E-state index contributed by atoms with van der Waals surface area (Å²) in [6, 6.07) is 11.1. The van der Waals surface area contributed by atoms with Crippen LogP contribution in [0.3, 0.4) is 0 Å². The van der Waals surface area contributed by atoms with Gasteiger partial charge >= 0.3 is 0 Å². The van der Waals surface area contributed by atoms with Gasteiger partial charge in [-0.05, 0) is 55.5 Å². The summed E-state index contributed by atoms with van der Waals surface area (Å²) in [6.07, 6.45) is 5.67. The topological polar surface area (TPSA) is 65.5 Å². The van der Waals surface area contributed by atoms with E-state index >= 15 is 0 Å². The van der Waals surface area contributed by atoms with Crippen molar-refractivity contribution in [3.05, 3.63) is 53.7 Å². The zero-order valence-corrected chi connectivity index (χ0v) is 15.1. The molecule has 1 amide bonds. The lowest BCUT2D eigenvalue weighted by Gasteiger charge is -2.33. The number of carbonyl (C=O) groups excluding carboxylic acids is 1. The highest BCUT2D eigenvalue weighted by molar-refractivity contribution is 7.98. The smallest absolute Gasteiger partial charge is 0.254 e. The number of pyridine rings is 1. The molecule has 6 heteroatoms. The highest BCUT2D eigenvalue weighted by Gasteiger charge is 2.23. The summed E-state index contributed by atoms with van der Waals surface area (Å²) in [4.78, 5) is 19.2. The molecule has 0 bridgehead atoms. The van der Waals surface area contributed by atoms with Crippen molar-refractivity contribution in [2.24, 2.45) is 0 Å². The molecule has 0 saturated carbocycles. The molecule has 1 aromatic heterocycles. The molecule has 0 aliphatic carbocycles. The second kappa shape index (κ2) is 8.36. The van der Waals surface area contributed by atoms with Crippen molar-refractivity contribution >= 4 is 17.7 Å². The number of amides is 1. The van der Waals surface area contributed by atoms with Crippen molar-refractivity contribution in [1.29, 1.82) is 0 Å². The normalized spacial score (nSPS) is 18.0. The number of aromatic nitrogens is 1. The maximum absolute atomic E-state index is 12.6. The Bertz CT molecular complexity index is 738. The van der Waals surface area contributed by atoms with Crippen LogP contribution in [0.15, 0.2) is 47.6 Å². The number of likely N-dealkylation sites (tertiary alicyclic amines) is 1. The Labute approximate surface area is 152 Å². The minimum absolute atomic E-state index is 0.0540. The Morgan fingerprint density at radius 1 is 1.40 bits per heavy atom. The maximum atomic E-state index is 12.6. The third-order valence-corrected chi connectivity index (χ3v) is 5.08. The number of aromatic hydroxyl groups is 1. The van der Waals surface area contributed by atoms with E-state index in [2.05, 4.69) is 15.2 Å². The van der Waals surface area contributed by atoms with E-state index in [0.29, 0.717) is 11.3 Å². The van der Waals surface area contributed by atoms with Gasteiger partial charge in [0, 0.05) is 25.3 Å². The van der Waals surface area contributed by atoms with Crippen molar-refractivity contribution in [2.45, 2.75) is 30.5 Å². The number of nitrogens with one attached hydrogen (secondary N) is 1. The molecule has 0 unspecified atom stereocenters. The number of hydrogen-bond acceptors (Lipinski definition) is 5. The van der Waals surface area contributed by atoms with E-state index in [9.17, 15) is 9.90 Å². The van der Waals surface area contributed by atoms with Gasteiger partial charge in [0.2, 0.25) is 0 Å². The Morgan fingerprint density at radius 2 is 2.28 bits per heavy atom. The van der Waals surface area contributed by atoms with Gasteiger partial charge in [-0.2, -0.15) is 0 Å². The number of nitrogens with zero attached hydrogens (tertiary/aromatic N) is 2. The second-order valence-corrected chi connectivity index (χ2v) is 7.07. The van der Waals surface area contributed by atoms with Gasteiger partial charge in [-0.15, -0.1) is 11.8 Å². The van der Waals surface area contributed by atoms with Gasteiger partial charge in [0.15, 0.2) is 0 Å². The number of piperidine rings is 1. The van der Waals surface area contributed by atoms with Crippen LogP contribution in [0, 0.1) is 0 Å². The minimum atomic E-state index is -0.0540. The number of carbonyl (C=O) groups is 1. The number of phenolic OH excluding ortho intramolecular Hbond substituents is 1. The molecule has 132 valence electrons. The Kier molecular flexibility index (Phi) is 5.94. The van der Waals surface area contributed by atoms with E-state index in [4.69, 9.17) is 0 Å². The van der Waals surface area contributed by atoms with Crippen LogP contribution >= 0.6 is 11.8 Å². The van der Waals surface area contributed by atoms with Crippen LogP contribution in [0.2, 0.25) is 0 Å². The fourth-order valence-electron chi connectivity index (χ4n) is 3.22. The second-order valence-electron chi connectivity index (χ2n) is 6.28. The van der Waals surface area contributed by atoms with E-state index in [1.165, 1.54) is 11.8 Å². The van der Waals surface area contributed by atoms with E-state index in [1.54, 1.807) is 24.4 Å². The maximum Gasteiger partial charge on any atom is 0.254 e. The molecule has 1 atom stereocenters. The van der Waals surface area contributed by atoms with E-state index in [0.717, 1.165) is 43.1 Å². The molecule has 2 aromatic rings.